The molecule has 0 aliphatic rings. The number of nitrogens with one attached hydrogen (secondary N) is 2. The number of anilines is 2. The predicted octanol–water partition coefficient (Wildman–Crippen LogP) is 0.966. The third kappa shape index (κ3) is 2.84. The van der Waals surface area contributed by atoms with Crippen LogP contribution in [0.3, 0.4) is 0 Å². The molecule has 0 bridgehead atoms. The summed E-state index contributed by atoms with van der Waals surface area (Å²) < 4.78 is 28.2. The molecule has 0 radical (unpaired) electrons. The van der Waals surface area contributed by atoms with E-state index in [0.717, 1.165) is 5.69 Å². The third-order valence-corrected chi connectivity index (χ3v) is 3.88. The molecule has 0 unspecified atom stereocenters. The van der Waals surface area contributed by atoms with Gasteiger partial charge in [-0.05, 0) is 19.1 Å². The zero-order valence-electron chi connectivity index (χ0n) is 10.9. The fourth-order valence-corrected chi connectivity index (χ4v) is 2.61. The molecule has 2 rings (SSSR count). The first-order valence-corrected chi connectivity index (χ1v) is 7.08. The maximum absolute atomic E-state index is 12.2. The molecule has 2 aromatic rings. The van der Waals surface area contributed by atoms with E-state index < -0.39 is 10.0 Å². The molecule has 0 fully saturated rings. The van der Waals surface area contributed by atoms with Crippen molar-refractivity contribution in [1.82, 2.24) is 14.8 Å². The van der Waals surface area contributed by atoms with E-state index in [1.165, 1.54) is 16.9 Å². The van der Waals surface area contributed by atoms with E-state index in [2.05, 4.69) is 20.1 Å². The smallest absolute Gasteiger partial charge is 0.264 e. The summed E-state index contributed by atoms with van der Waals surface area (Å²) in [6, 6.07) is 4.75. The lowest BCUT2D eigenvalue weighted by Gasteiger charge is -2.08. The van der Waals surface area contributed by atoms with Crippen LogP contribution in [0.1, 0.15) is 5.69 Å². The second kappa shape index (κ2) is 4.88. The van der Waals surface area contributed by atoms with Gasteiger partial charge in [0, 0.05) is 26.4 Å². The van der Waals surface area contributed by atoms with E-state index in [0.29, 0.717) is 11.6 Å². The number of aryl methyl sites for hydroxylation is 2. The number of aromatic nitrogens is 3. The van der Waals surface area contributed by atoms with E-state index >= 15 is 0 Å². The molecule has 19 heavy (non-hydrogen) atoms. The van der Waals surface area contributed by atoms with Crippen LogP contribution >= 0.6 is 0 Å². The highest BCUT2D eigenvalue weighted by Gasteiger charge is 2.16. The fourth-order valence-electron chi connectivity index (χ4n) is 1.59. The van der Waals surface area contributed by atoms with Crippen LogP contribution < -0.4 is 10.0 Å². The van der Waals surface area contributed by atoms with Gasteiger partial charge in [-0.25, -0.2) is 13.4 Å². The number of sulfonamides is 1. The second-order valence-electron chi connectivity index (χ2n) is 4.03. The molecular weight excluding hydrogens is 266 g/mol. The molecule has 0 amide bonds. The molecule has 2 heterocycles. The maximum atomic E-state index is 12.2. The van der Waals surface area contributed by atoms with Gasteiger partial charge in [-0.15, -0.1) is 0 Å². The summed E-state index contributed by atoms with van der Waals surface area (Å²) in [5.74, 6) is 1.02. The van der Waals surface area contributed by atoms with Crippen molar-refractivity contribution < 1.29 is 8.42 Å². The Labute approximate surface area is 111 Å². The monoisotopic (exact) mass is 281 g/mol. The van der Waals surface area contributed by atoms with Crippen molar-refractivity contribution in [1.29, 1.82) is 0 Å². The normalized spacial score (nSPS) is 11.3. The minimum atomic E-state index is -3.65. The van der Waals surface area contributed by atoms with Crippen molar-refractivity contribution in [2.24, 2.45) is 7.05 Å². The quantitative estimate of drug-likeness (QED) is 0.871. The molecule has 8 heteroatoms. The highest BCUT2D eigenvalue weighted by atomic mass is 32.2. The van der Waals surface area contributed by atoms with E-state index in [9.17, 15) is 8.42 Å². The Balaban J connectivity index is 2.29. The topological polar surface area (TPSA) is 88.9 Å². The van der Waals surface area contributed by atoms with Gasteiger partial charge in [0.2, 0.25) is 0 Å². The summed E-state index contributed by atoms with van der Waals surface area (Å²) in [5, 5.41) is 6.91. The SMILES string of the molecule is CNc1ccc(S(=O)(=O)Nc2cc(C)nn2C)cn1. The van der Waals surface area contributed by atoms with E-state index in [1.54, 1.807) is 33.2 Å². The van der Waals surface area contributed by atoms with Crippen LogP contribution in [0.2, 0.25) is 0 Å². The molecule has 0 aliphatic heterocycles. The predicted molar refractivity (Wildman–Crippen MR) is 72.5 cm³/mol. The standard InChI is InChI=1S/C11H15N5O2S/c1-8-6-11(16(3)14-8)15-19(17,18)9-4-5-10(12-2)13-7-9/h4-7,15H,1-3H3,(H,12,13). The Morgan fingerprint density at radius 2 is 2.05 bits per heavy atom. The molecular formula is C11H15N5O2S. The van der Waals surface area contributed by atoms with Gasteiger partial charge in [-0.1, -0.05) is 0 Å². The van der Waals surface area contributed by atoms with Gasteiger partial charge in [-0.3, -0.25) is 9.40 Å². The third-order valence-electron chi connectivity index (χ3n) is 2.54. The molecule has 0 saturated carbocycles. The number of hydrogen-bond donors (Lipinski definition) is 2. The van der Waals surface area contributed by atoms with E-state index in [-0.39, 0.29) is 4.90 Å². The minimum Gasteiger partial charge on any atom is -0.373 e. The lowest BCUT2D eigenvalue weighted by Crippen LogP contribution is -2.15. The summed E-state index contributed by atoms with van der Waals surface area (Å²) in [6.07, 6.45) is 1.30. The summed E-state index contributed by atoms with van der Waals surface area (Å²) in [5.41, 5.74) is 0.740. The Bertz CT molecular complexity index is 676. The number of pyridine rings is 1. The maximum Gasteiger partial charge on any atom is 0.264 e. The first-order valence-electron chi connectivity index (χ1n) is 5.59. The molecule has 0 aliphatic carbocycles. The van der Waals surface area contributed by atoms with E-state index in [1.807, 2.05) is 0 Å². The van der Waals surface area contributed by atoms with Crippen LogP contribution in [0.5, 0.6) is 0 Å². The molecule has 2 N–H and O–H groups in total. The Morgan fingerprint density at radius 3 is 2.53 bits per heavy atom. The van der Waals surface area contributed by atoms with Gasteiger partial charge >= 0.3 is 0 Å². The van der Waals surface area contributed by atoms with Crippen LogP contribution in [-0.2, 0) is 17.1 Å². The average Bonchev–Trinajstić information content (AvgIpc) is 2.67. The van der Waals surface area contributed by atoms with Crippen LogP contribution in [-0.4, -0.2) is 30.2 Å². The van der Waals surface area contributed by atoms with Crippen LogP contribution in [0.15, 0.2) is 29.3 Å². The Kier molecular flexibility index (Phi) is 3.43. The molecule has 0 spiro atoms. The molecule has 0 aromatic carbocycles. The van der Waals surface area contributed by atoms with Gasteiger partial charge in [0.25, 0.3) is 10.0 Å². The van der Waals surface area contributed by atoms with Gasteiger partial charge in [-0.2, -0.15) is 5.10 Å². The molecule has 0 saturated heterocycles. The molecule has 7 nitrogen and oxygen atoms in total. The minimum absolute atomic E-state index is 0.102. The number of hydrogen-bond acceptors (Lipinski definition) is 5. The lowest BCUT2D eigenvalue weighted by atomic mass is 10.5. The Morgan fingerprint density at radius 1 is 1.32 bits per heavy atom. The van der Waals surface area contributed by atoms with Crippen molar-refractivity contribution in [2.45, 2.75) is 11.8 Å². The van der Waals surface area contributed by atoms with Gasteiger partial charge in [0.15, 0.2) is 0 Å². The summed E-state index contributed by atoms with van der Waals surface area (Å²) in [6.45, 7) is 1.79. The average molecular weight is 281 g/mol. The summed E-state index contributed by atoms with van der Waals surface area (Å²) >= 11 is 0. The van der Waals surface area contributed by atoms with Gasteiger partial charge in [0.1, 0.15) is 16.5 Å². The zero-order valence-corrected chi connectivity index (χ0v) is 11.7. The molecule has 0 atom stereocenters. The Hall–Kier alpha value is -2.09. The van der Waals surface area contributed by atoms with Crippen LogP contribution in [0.25, 0.3) is 0 Å². The van der Waals surface area contributed by atoms with Gasteiger partial charge in [0.05, 0.1) is 5.69 Å². The highest BCUT2D eigenvalue weighted by Crippen LogP contribution is 2.16. The number of nitrogens with zero attached hydrogens (tertiary/aromatic N) is 3. The molecule has 102 valence electrons. The van der Waals surface area contributed by atoms with Crippen molar-refractivity contribution in [3.05, 3.63) is 30.1 Å². The largest absolute Gasteiger partial charge is 0.373 e. The molecule has 2 aromatic heterocycles. The van der Waals surface area contributed by atoms with Crippen molar-refractivity contribution in [2.75, 3.05) is 17.1 Å². The number of rotatable bonds is 4. The van der Waals surface area contributed by atoms with E-state index in [4.69, 9.17) is 0 Å². The van der Waals surface area contributed by atoms with Crippen LogP contribution in [0.4, 0.5) is 11.6 Å². The van der Waals surface area contributed by atoms with Crippen LogP contribution in [0, 0.1) is 6.92 Å². The first-order chi connectivity index (χ1) is 8.92. The van der Waals surface area contributed by atoms with Crippen molar-refractivity contribution in [3.8, 4) is 0 Å². The first kappa shape index (κ1) is 13.3. The van der Waals surface area contributed by atoms with Crippen molar-refractivity contribution in [3.63, 3.8) is 0 Å². The summed E-state index contributed by atoms with van der Waals surface area (Å²) in [4.78, 5) is 4.08. The second-order valence-corrected chi connectivity index (χ2v) is 5.71. The van der Waals surface area contributed by atoms with Gasteiger partial charge < -0.3 is 5.32 Å². The van der Waals surface area contributed by atoms with Crippen molar-refractivity contribution >= 4 is 21.7 Å². The lowest BCUT2D eigenvalue weighted by molar-refractivity contribution is 0.600. The summed E-state index contributed by atoms with van der Waals surface area (Å²) in [7, 11) is -0.259. The fraction of sp³-hybridized carbons (Fsp3) is 0.273. The highest BCUT2D eigenvalue weighted by molar-refractivity contribution is 7.92. The zero-order chi connectivity index (χ0) is 14.0.